The van der Waals surface area contributed by atoms with Crippen molar-refractivity contribution in [2.75, 3.05) is 5.73 Å². The Balaban J connectivity index is 1.97. The van der Waals surface area contributed by atoms with Crippen LogP contribution in [0.15, 0.2) is 77.7 Å². The van der Waals surface area contributed by atoms with Crippen molar-refractivity contribution in [1.29, 1.82) is 5.26 Å². The summed E-state index contributed by atoms with van der Waals surface area (Å²) in [6.45, 7) is 2.00. The van der Waals surface area contributed by atoms with Crippen molar-refractivity contribution in [2.45, 2.75) is 6.92 Å². The zero-order chi connectivity index (χ0) is 19.0. The highest BCUT2D eigenvalue weighted by Crippen LogP contribution is 2.30. The summed E-state index contributed by atoms with van der Waals surface area (Å²) in [6.07, 6.45) is 1.86. The van der Waals surface area contributed by atoms with Crippen LogP contribution < -0.4 is 11.3 Å². The SMILES string of the molecule is Cc1cn(-c2ccc(N)cc2)c(=O)c2cccc(-c3ccc(C#N)cc3)c12. The molecule has 0 unspecified atom stereocenters. The van der Waals surface area contributed by atoms with E-state index < -0.39 is 0 Å². The molecule has 0 aliphatic rings. The number of nitrogens with two attached hydrogens (primary N) is 1. The zero-order valence-corrected chi connectivity index (χ0v) is 14.8. The molecule has 0 atom stereocenters. The molecule has 1 heterocycles. The summed E-state index contributed by atoms with van der Waals surface area (Å²) in [4.78, 5) is 13.1. The van der Waals surface area contributed by atoms with Gasteiger partial charge in [-0.05, 0) is 71.5 Å². The van der Waals surface area contributed by atoms with Crippen LogP contribution in [0, 0.1) is 18.3 Å². The smallest absolute Gasteiger partial charge is 0.262 e. The van der Waals surface area contributed by atoms with Crippen LogP contribution in [0.25, 0.3) is 27.6 Å². The third-order valence-corrected chi connectivity index (χ3v) is 4.73. The largest absolute Gasteiger partial charge is 0.399 e. The Hall–Kier alpha value is -3.84. The van der Waals surface area contributed by atoms with Crippen LogP contribution in [0.5, 0.6) is 0 Å². The van der Waals surface area contributed by atoms with Gasteiger partial charge in [0, 0.05) is 23.0 Å². The fourth-order valence-corrected chi connectivity index (χ4v) is 3.39. The summed E-state index contributed by atoms with van der Waals surface area (Å²) in [7, 11) is 0. The number of nitriles is 1. The lowest BCUT2D eigenvalue weighted by Gasteiger charge is -2.14. The monoisotopic (exact) mass is 351 g/mol. The minimum absolute atomic E-state index is 0.0733. The van der Waals surface area contributed by atoms with Crippen molar-refractivity contribution >= 4 is 16.5 Å². The number of fused-ring (bicyclic) bond motifs is 1. The lowest BCUT2D eigenvalue weighted by molar-refractivity contribution is 0.997. The first kappa shape index (κ1) is 16.6. The molecule has 130 valence electrons. The number of pyridine rings is 1. The van der Waals surface area contributed by atoms with Gasteiger partial charge in [0.05, 0.1) is 11.6 Å². The highest BCUT2D eigenvalue weighted by Gasteiger charge is 2.12. The van der Waals surface area contributed by atoms with Crippen LogP contribution in [0.2, 0.25) is 0 Å². The predicted molar refractivity (Wildman–Crippen MR) is 109 cm³/mol. The molecule has 3 aromatic carbocycles. The van der Waals surface area contributed by atoms with E-state index in [4.69, 9.17) is 11.0 Å². The topological polar surface area (TPSA) is 71.8 Å². The van der Waals surface area contributed by atoms with Gasteiger partial charge in [-0.15, -0.1) is 0 Å². The summed E-state index contributed by atoms with van der Waals surface area (Å²) >= 11 is 0. The number of aromatic nitrogens is 1. The summed E-state index contributed by atoms with van der Waals surface area (Å²) in [5, 5.41) is 10.6. The van der Waals surface area contributed by atoms with E-state index in [1.54, 1.807) is 28.8 Å². The summed E-state index contributed by atoms with van der Waals surface area (Å²) in [5.41, 5.74) is 10.7. The van der Waals surface area contributed by atoms with Gasteiger partial charge in [0.15, 0.2) is 0 Å². The van der Waals surface area contributed by atoms with Crippen molar-refractivity contribution in [3.05, 3.63) is 94.4 Å². The quantitative estimate of drug-likeness (QED) is 0.543. The molecule has 0 saturated carbocycles. The maximum Gasteiger partial charge on any atom is 0.262 e. The Morgan fingerprint density at radius 2 is 1.67 bits per heavy atom. The van der Waals surface area contributed by atoms with E-state index in [1.807, 2.05) is 55.6 Å². The fourth-order valence-electron chi connectivity index (χ4n) is 3.39. The molecule has 4 aromatic rings. The maximum absolute atomic E-state index is 13.1. The normalized spacial score (nSPS) is 10.7. The Morgan fingerprint density at radius 3 is 2.33 bits per heavy atom. The Labute approximate surface area is 156 Å². The van der Waals surface area contributed by atoms with Crippen molar-refractivity contribution in [1.82, 2.24) is 4.57 Å². The third kappa shape index (κ3) is 2.86. The lowest BCUT2D eigenvalue weighted by atomic mass is 9.96. The summed E-state index contributed by atoms with van der Waals surface area (Å²) in [6, 6.07) is 22.5. The van der Waals surface area contributed by atoms with Gasteiger partial charge in [-0.3, -0.25) is 9.36 Å². The van der Waals surface area contributed by atoms with Gasteiger partial charge < -0.3 is 5.73 Å². The second kappa shape index (κ2) is 6.47. The van der Waals surface area contributed by atoms with Crippen LogP contribution in [0.4, 0.5) is 5.69 Å². The Bertz CT molecular complexity index is 1240. The van der Waals surface area contributed by atoms with Gasteiger partial charge in [-0.2, -0.15) is 5.26 Å². The fraction of sp³-hybridized carbons (Fsp3) is 0.0435. The van der Waals surface area contributed by atoms with Crippen molar-refractivity contribution in [3.8, 4) is 22.9 Å². The average Bonchev–Trinajstić information content (AvgIpc) is 2.71. The number of anilines is 1. The van der Waals surface area contributed by atoms with Crippen molar-refractivity contribution in [2.24, 2.45) is 0 Å². The Morgan fingerprint density at radius 1 is 0.963 bits per heavy atom. The standard InChI is InChI=1S/C23H17N3O/c1-15-14-26(19-11-9-18(25)10-12-19)23(27)21-4-2-3-20(22(15)21)17-7-5-16(13-24)6-8-17/h2-12,14H,25H2,1H3. The van der Waals surface area contributed by atoms with Gasteiger partial charge in [-0.25, -0.2) is 0 Å². The van der Waals surface area contributed by atoms with Crippen LogP contribution in [0.1, 0.15) is 11.1 Å². The van der Waals surface area contributed by atoms with E-state index >= 15 is 0 Å². The van der Waals surface area contributed by atoms with Gasteiger partial charge in [-0.1, -0.05) is 24.3 Å². The van der Waals surface area contributed by atoms with E-state index in [-0.39, 0.29) is 5.56 Å². The first-order valence-corrected chi connectivity index (χ1v) is 8.60. The molecular weight excluding hydrogens is 334 g/mol. The van der Waals surface area contributed by atoms with E-state index in [0.717, 1.165) is 27.8 Å². The first-order valence-electron chi connectivity index (χ1n) is 8.60. The van der Waals surface area contributed by atoms with Gasteiger partial charge >= 0.3 is 0 Å². The highest BCUT2D eigenvalue weighted by molar-refractivity contribution is 5.98. The number of nitrogens with zero attached hydrogens (tertiary/aromatic N) is 2. The Kier molecular flexibility index (Phi) is 3.98. The highest BCUT2D eigenvalue weighted by atomic mass is 16.1. The van der Waals surface area contributed by atoms with Crippen LogP contribution >= 0.6 is 0 Å². The van der Waals surface area contributed by atoms with Crippen LogP contribution in [0.3, 0.4) is 0 Å². The van der Waals surface area contributed by atoms with E-state index in [1.165, 1.54) is 0 Å². The molecule has 0 aliphatic carbocycles. The molecular formula is C23H17N3O. The molecule has 0 aliphatic heterocycles. The molecule has 0 amide bonds. The van der Waals surface area contributed by atoms with E-state index in [9.17, 15) is 4.79 Å². The number of nitrogen functional groups attached to an aromatic ring is 1. The number of rotatable bonds is 2. The maximum atomic E-state index is 13.1. The number of aryl methyl sites for hydroxylation is 1. The molecule has 4 rings (SSSR count). The summed E-state index contributed by atoms with van der Waals surface area (Å²) < 4.78 is 1.65. The number of benzene rings is 3. The molecule has 0 bridgehead atoms. The average molecular weight is 351 g/mol. The van der Waals surface area contributed by atoms with Gasteiger partial charge in [0.2, 0.25) is 0 Å². The minimum Gasteiger partial charge on any atom is -0.399 e. The molecule has 0 spiro atoms. The van der Waals surface area contributed by atoms with Crippen LogP contribution in [-0.2, 0) is 0 Å². The van der Waals surface area contributed by atoms with Crippen molar-refractivity contribution < 1.29 is 0 Å². The molecule has 0 radical (unpaired) electrons. The molecule has 2 N–H and O–H groups in total. The summed E-state index contributed by atoms with van der Waals surface area (Å²) in [5.74, 6) is 0. The predicted octanol–water partition coefficient (Wildman–Crippen LogP) is 4.42. The second-order valence-corrected chi connectivity index (χ2v) is 6.50. The third-order valence-electron chi connectivity index (χ3n) is 4.73. The van der Waals surface area contributed by atoms with Crippen LogP contribution in [-0.4, -0.2) is 4.57 Å². The molecule has 27 heavy (non-hydrogen) atoms. The zero-order valence-electron chi connectivity index (χ0n) is 14.8. The van der Waals surface area contributed by atoms with Gasteiger partial charge in [0.25, 0.3) is 5.56 Å². The second-order valence-electron chi connectivity index (χ2n) is 6.50. The first-order chi connectivity index (χ1) is 13.1. The van der Waals surface area contributed by atoms with Crippen molar-refractivity contribution in [3.63, 3.8) is 0 Å². The molecule has 1 aromatic heterocycles. The molecule has 4 heteroatoms. The number of hydrogen-bond donors (Lipinski definition) is 1. The minimum atomic E-state index is -0.0733. The van der Waals surface area contributed by atoms with E-state index in [0.29, 0.717) is 16.6 Å². The van der Waals surface area contributed by atoms with E-state index in [2.05, 4.69) is 6.07 Å². The molecule has 0 fully saturated rings. The number of hydrogen-bond acceptors (Lipinski definition) is 3. The van der Waals surface area contributed by atoms with Gasteiger partial charge in [0.1, 0.15) is 0 Å². The lowest BCUT2D eigenvalue weighted by Crippen LogP contribution is -2.18. The molecule has 0 saturated heterocycles. The molecule has 4 nitrogen and oxygen atoms in total.